The molecule has 0 bridgehead atoms. The lowest BCUT2D eigenvalue weighted by Crippen LogP contribution is -2.37. The first-order valence-corrected chi connectivity index (χ1v) is 9.61. The van der Waals surface area contributed by atoms with Crippen LogP contribution in [0, 0.1) is 11.3 Å². The van der Waals surface area contributed by atoms with E-state index >= 15 is 0 Å². The predicted octanol–water partition coefficient (Wildman–Crippen LogP) is 4.01. The third-order valence-corrected chi connectivity index (χ3v) is 5.11. The number of aromatic amines is 1. The Morgan fingerprint density at radius 2 is 1.79 bits per heavy atom. The summed E-state index contributed by atoms with van der Waals surface area (Å²) in [5, 5.41) is 10.9. The Kier molecular flexibility index (Phi) is 4.43. The number of pyridine rings is 1. The number of ether oxygens (including phenoxy) is 1. The van der Waals surface area contributed by atoms with Gasteiger partial charge in [-0.3, -0.25) is 0 Å². The highest BCUT2D eigenvalue weighted by Crippen LogP contribution is 2.28. The van der Waals surface area contributed by atoms with Gasteiger partial charge in [0.25, 0.3) is 0 Å². The second kappa shape index (κ2) is 7.38. The first-order valence-electron chi connectivity index (χ1n) is 9.61. The molecular formula is C23H19N5O. The van der Waals surface area contributed by atoms with Crippen molar-refractivity contribution in [1.82, 2.24) is 15.0 Å². The van der Waals surface area contributed by atoms with Crippen molar-refractivity contribution in [2.24, 2.45) is 0 Å². The van der Waals surface area contributed by atoms with Crippen molar-refractivity contribution in [3.8, 4) is 6.07 Å². The average Bonchev–Trinajstić information content (AvgIpc) is 3.21. The lowest BCUT2D eigenvalue weighted by Gasteiger charge is -2.29. The van der Waals surface area contributed by atoms with E-state index in [9.17, 15) is 5.26 Å². The number of nitrogens with one attached hydrogen (secondary N) is 1. The normalized spacial score (nSPS) is 15.0. The first kappa shape index (κ1) is 17.4. The van der Waals surface area contributed by atoms with E-state index in [1.54, 1.807) is 0 Å². The molecule has 0 aliphatic carbocycles. The number of morpholine rings is 1. The molecule has 0 atom stereocenters. The number of hydrogen-bond acceptors (Lipinski definition) is 5. The number of nitriles is 1. The summed E-state index contributed by atoms with van der Waals surface area (Å²) in [4.78, 5) is 15.0. The van der Waals surface area contributed by atoms with E-state index in [1.807, 2.05) is 54.6 Å². The lowest BCUT2D eigenvalue weighted by molar-refractivity contribution is 0.122. The van der Waals surface area contributed by atoms with Crippen molar-refractivity contribution in [3.63, 3.8) is 0 Å². The van der Waals surface area contributed by atoms with E-state index in [4.69, 9.17) is 9.72 Å². The van der Waals surface area contributed by atoms with Gasteiger partial charge in [0.05, 0.1) is 35.3 Å². The van der Waals surface area contributed by atoms with Crippen LogP contribution in [0.25, 0.3) is 33.6 Å². The SMILES string of the molecule is N#C/C(=C/c1cc2ccccc2nc1N1CCOCC1)c1nc2ccccc2[nH]1. The van der Waals surface area contributed by atoms with Crippen LogP contribution in [0.4, 0.5) is 5.82 Å². The summed E-state index contributed by atoms with van der Waals surface area (Å²) in [6.07, 6.45) is 1.88. The van der Waals surface area contributed by atoms with E-state index < -0.39 is 0 Å². The van der Waals surface area contributed by atoms with Crippen LogP contribution in [0.2, 0.25) is 0 Å². The van der Waals surface area contributed by atoms with Gasteiger partial charge in [-0.05, 0) is 30.3 Å². The number of para-hydroxylation sites is 3. The van der Waals surface area contributed by atoms with Crippen molar-refractivity contribution >= 4 is 39.4 Å². The molecule has 0 saturated carbocycles. The molecule has 0 radical (unpaired) electrons. The molecule has 1 N–H and O–H groups in total. The smallest absolute Gasteiger partial charge is 0.149 e. The van der Waals surface area contributed by atoms with E-state index in [0.29, 0.717) is 24.6 Å². The number of rotatable bonds is 3. The zero-order valence-corrected chi connectivity index (χ0v) is 15.8. The van der Waals surface area contributed by atoms with Crippen molar-refractivity contribution in [3.05, 3.63) is 66.0 Å². The number of nitrogens with zero attached hydrogens (tertiary/aromatic N) is 4. The van der Waals surface area contributed by atoms with Crippen molar-refractivity contribution in [2.45, 2.75) is 0 Å². The Labute approximate surface area is 168 Å². The summed E-state index contributed by atoms with van der Waals surface area (Å²) >= 11 is 0. The fourth-order valence-corrected chi connectivity index (χ4v) is 3.65. The Hall–Kier alpha value is -3.69. The number of H-pyrrole nitrogens is 1. The summed E-state index contributed by atoms with van der Waals surface area (Å²) in [6.45, 7) is 2.90. The maximum atomic E-state index is 9.85. The minimum atomic E-state index is 0.479. The van der Waals surface area contributed by atoms with E-state index in [0.717, 1.165) is 46.4 Å². The summed E-state index contributed by atoms with van der Waals surface area (Å²) in [5.41, 5.74) is 4.08. The zero-order chi connectivity index (χ0) is 19.6. The van der Waals surface area contributed by atoms with Crippen LogP contribution in [0.15, 0.2) is 54.6 Å². The monoisotopic (exact) mass is 381 g/mol. The maximum absolute atomic E-state index is 9.85. The molecular weight excluding hydrogens is 362 g/mol. The van der Waals surface area contributed by atoms with Gasteiger partial charge in [-0.25, -0.2) is 9.97 Å². The number of fused-ring (bicyclic) bond motifs is 2. The Balaban J connectivity index is 1.66. The van der Waals surface area contributed by atoms with Gasteiger partial charge in [-0.2, -0.15) is 5.26 Å². The Morgan fingerprint density at radius 1 is 1.03 bits per heavy atom. The molecule has 1 aliphatic heterocycles. The standard InChI is InChI=1S/C23H19N5O/c24-15-18(22-25-20-7-3-4-8-21(20)26-22)14-17-13-16-5-1-2-6-19(16)27-23(17)28-9-11-29-12-10-28/h1-8,13-14H,9-12H2,(H,25,26)/b18-14-. The molecule has 0 unspecified atom stereocenters. The molecule has 142 valence electrons. The van der Waals surface area contributed by atoms with Gasteiger partial charge in [0, 0.05) is 24.0 Å². The predicted molar refractivity (Wildman–Crippen MR) is 114 cm³/mol. The van der Waals surface area contributed by atoms with Crippen LogP contribution in [0.3, 0.4) is 0 Å². The van der Waals surface area contributed by atoms with E-state index in [1.165, 1.54) is 0 Å². The fourth-order valence-electron chi connectivity index (χ4n) is 3.65. The first-order chi connectivity index (χ1) is 14.3. The van der Waals surface area contributed by atoms with Crippen LogP contribution in [0.1, 0.15) is 11.4 Å². The minimum Gasteiger partial charge on any atom is -0.378 e. The molecule has 6 heteroatoms. The van der Waals surface area contributed by atoms with Gasteiger partial charge in [-0.1, -0.05) is 30.3 Å². The summed E-state index contributed by atoms with van der Waals surface area (Å²) in [7, 11) is 0. The molecule has 4 aromatic rings. The second-order valence-electron chi connectivity index (χ2n) is 6.97. The van der Waals surface area contributed by atoms with Crippen molar-refractivity contribution in [1.29, 1.82) is 5.26 Å². The van der Waals surface area contributed by atoms with Gasteiger partial charge < -0.3 is 14.6 Å². The molecule has 1 aliphatic rings. The summed E-state index contributed by atoms with van der Waals surface area (Å²) in [5.74, 6) is 1.44. The van der Waals surface area contributed by atoms with Crippen LogP contribution >= 0.6 is 0 Å². The lowest BCUT2D eigenvalue weighted by atomic mass is 10.1. The third kappa shape index (κ3) is 3.33. The summed E-state index contributed by atoms with van der Waals surface area (Å²) < 4.78 is 5.50. The third-order valence-electron chi connectivity index (χ3n) is 5.11. The van der Waals surface area contributed by atoms with Crippen LogP contribution < -0.4 is 4.90 Å². The number of benzene rings is 2. The maximum Gasteiger partial charge on any atom is 0.149 e. The minimum absolute atomic E-state index is 0.479. The van der Waals surface area contributed by atoms with Crippen molar-refractivity contribution < 1.29 is 4.74 Å². The molecule has 2 aromatic heterocycles. The Bertz CT molecular complexity index is 1230. The molecule has 6 nitrogen and oxygen atoms in total. The topological polar surface area (TPSA) is 77.8 Å². The van der Waals surface area contributed by atoms with Gasteiger partial charge in [0.1, 0.15) is 17.7 Å². The van der Waals surface area contributed by atoms with Gasteiger partial charge in [0.15, 0.2) is 0 Å². The number of anilines is 1. The molecule has 1 fully saturated rings. The van der Waals surface area contributed by atoms with E-state index in [2.05, 4.69) is 27.0 Å². The molecule has 0 amide bonds. The van der Waals surface area contributed by atoms with Gasteiger partial charge in [0.2, 0.25) is 0 Å². The molecule has 1 saturated heterocycles. The average molecular weight is 381 g/mol. The van der Waals surface area contributed by atoms with E-state index in [-0.39, 0.29) is 0 Å². The Morgan fingerprint density at radius 3 is 2.59 bits per heavy atom. The van der Waals surface area contributed by atoms with Crippen LogP contribution in [-0.4, -0.2) is 41.3 Å². The molecule has 5 rings (SSSR count). The number of imidazole rings is 1. The fraction of sp³-hybridized carbons (Fsp3) is 0.174. The highest BCUT2D eigenvalue weighted by molar-refractivity contribution is 5.94. The van der Waals surface area contributed by atoms with Crippen LogP contribution in [-0.2, 0) is 4.74 Å². The molecule has 2 aromatic carbocycles. The largest absolute Gasteiger partial charge is 0.378 e. The molecule has 0 spiro atoms. The van der Waals surface area contributed by atoms with Crippen molar-refractivity contribution in [2.75, 3.05) is 31.2 Å². The van der Waals surface area contributed by atoms with Gasteiger partial charge >= 0.3 is 0 Å². The highest BCUT2D eigenvalue weighted by atomic mass is 16.5. The zero-order valence-electron chi connectivity index (χ0n) is 15.8. The van der Waals surface area contributed by atoms with Gasteiger partial charge in [-0.15, -0.1) is 0 Å². The molecule has 3 heterocycles. The number of hydrogen-bond donors (Lipinski definition) is 1. The highest BCUT2D eigenvalue weighted by Gasteiger charge is 2.18. The molecule has 29 heavy (non-hydrogen) atoms. The number of aromatic nitrogens is 3. The quantitative estimate of drug-likeness (QED) is 0.543. The second-order valence-corrected chi connectivity index (χ2v) is 6.97. The van der Waals surface area contributed by atoms with Crippen LogP contribution in [0.5, 0.6) is 0 Å². The summed E-state index contributed by atoms with van der Waals surface area (Å²) in [6, 6.07) is 20.2. The number of allylic oxidation sites excluding steroid dienone is 1.